The van der Waals surface area contributed by atoms with Crippen LogP contribution in [0.25, 0.3) is 0 Å². The Morgan fingerprint density at radius 3 is 2.38 bits per heavy atom. The fourth-order valence-electron chi connectivity index (χ4n) is 3.05. The van der Waals surface area contributed by atoms with Crippen LogP contribution in [0, 0.1) is 11.3 Å². The third-order valence-corrected chi connectivity index (χ3v) is 4.29. The lowest BCUT2D eigenvalue weighted by Crippen LogP contribution is -2.32. The molecule has 1 N–H and O–H groups in total. The Labute approximate surface area is 99.4 Å². The van der Waals surface area contributed by atoms with Crippen LogP contribution in [0.3, 0.4) is 0 Å². The van der Waals surface area contributed by atoms with Crippen LogP contribution in [-0.4, -0.2) is 11.1 Å². The van der Waals surface area contributed by atoms with Crippen molar-refractivity contribution in [2.75, 3.05) is 0 Å². The molecule has 1 aliphatic rings. The van der Waals surface area contributed by atoms with Gasteiger partial charge in [-0.1, -0.05) is 52.4 Å². The monoisotopic (exact) mass is 226 g/mol. The molecule has 0 aromatic heterocycles. The topological polar surface area (TPSA) is 37.3 Å². The number of rotatable bonds is 7. The van der Waals surface area contributed by atoms with Gasteiger partial charge < -0.3 is 5.11 Å². The zero-order chi connectivity index (χ0) is 12.0. The van der Waals surface area contributed by atoms with Gasteiger partial charge in [0, 0.05) is 0 Å². The predicted octanol–water partition coefficient (Wildman–Crippen LogP) is 4.24. The van der Waals surface area contributed by atoms with Crippen molar-refractivity contribution in [2.24, 2.45) is 11.3 Å². The smallest absolute Gasteiger partial charge is 0.309 e. The highest BCUT2D eigenvalue weighted by atomic mass is 16.4. The summed E-state index contributed by atoms with van der Waals surface area (Å²) in [6.45, 7) is 4.18. The number of hydrogen-bond donors (Lipinski definition) is 1. The van der Waals surface area contributed by atoms with Crippen molar-refractivity contribution in [3.63, 3.8) is 0 Å². The highest BCUT2D eigenvalue weighted by molar-refractivity contribution is 5.74. The van der Waals surface area contributed by atoms with Crippen LogP contribution in [0.5, 0.6) is 0 Å². The molecule has 0 amide bonds. The first-order chi connectivity index (χ1) is 7.64. The summed E-state index contributed by atoms with van der Waals surface area (Å²) in [5.41, 5.74) is -0.426. The molecule has 1 fully saturated rings. The third kappa shape index (κ3) is 3.23. The molecule has 2 nitrogen and oxygen atoms in total. The largest absolute Gasteiger partial charge is 0.481 e. The van der Waals surface area contributed by atoms with E-state index in [2.05, 4.69) is 6.92 Å². The first kappa shape index (κ1) is 13.5. The van der Waals surface area contributed by atoms with E-state index in [-0.39, 0.29) is 0 Å². The van der Waals surface area contributed by atoms with Gasteiger partial charge in [0.1, 0.15) is 0 Å². The molecule has 0 aromatic rings. The molecule has 94 valence electrons. The summed E-state index contributed by atoms with van der Waals surface area (Å²) < 4.78 is 0. The summed E-state index contributed by atoms with van der Waals surface area (Å²) in [6, 6.07) is 0. The predicted molar refractivity (Wildman–Crippen MR) is 66.5 cm³/mol. The molecule has 1 unspecified atom stereocenters. The van der Waals surface area contributed by atoms with Crippen molar-refractivity contribution in [1.29, 1.82) is 0 Å². The molecule has 1 aliphatic carbocycles. The van der Waals surface area contributed by atoms with Crippen molar-refractivity contribution in [3.05, 3.63) is 0 Å². The van der Waals surface area contributed by atoms with Gasteiger partial charge in [0.2, 0.25) is 0 Å². The van der Waals surface area contributed by atoms with Crippen LogP contribution in [0.4, 0.5) is 0 Å². The van der Waals surface area contributed by atoms with E-state index in [9.17, 15) is 9.90 Å². The normalized spacial score (nSPS) is 20.9. The van der Waals surface area contributed by atoms with Crippen LogP contribution in [0.15, 0.2) is 0 Å². The van der Waals surface area contributed by atoms with Crippen LogP contribution in [-0.2, 0) is 4.79 Å². The number of carbonyl (C=O) groups is 1. The maximum atomic E-state index is 11.5. The second-order valence-electron chi connectivity index (χ2n) is 5.40. The van der Waals surface area contributed by atoms with E-state index >= 15 is 0 Å². The van der Waals surface area contributed by atoms with E-state index in [4.69, 9.17) is 0 Å². The number of hydrogen-bond acceptors (Lipinski definition) is 1. The van der Waals surface area contributed by atoms with Gasteiger partial charge in [0.25, 0.3) is 0 Å². The zero-order valence-corrected chi connectivity index (χ0v) is 10.8. The summed E-state index contributed by atoms with van der Waals surface area (Å²) in [7, 11) is 0. The maximum absolute atomic E-state index is 11.5. The minimum atomic E-state index is -0.560. The fraction of sp³-hybridized carbons (Fsp3) is 0.929. The van der Waals surface area contributed by atoms with Crippen LogP contribution < -0.4 is 0 Å². The first-order valence-electron chi connectivity index (χ1n) is 6.88. The molecule has 2 heteroatoms. The van der Waals surface area contributed by atoms with Gasteiger partial charge in [-0.25, -0.2) is 0 Å². The van der Waals surface area contributed by atoms with Gasteiger partial charge in [-0.15, -0.1) is 0 Å². The second-order valence-corrected chi connectivity index (χ2v) is 5.40. The van der Waals surface area contributed by atoms with Crippen molar-refractivity contribution in [3.8, 4) is 0 Å². The highest BCUT2D eigenvalue weighted by Gasteiger charge is 2.38. The average molecular weight is 226 g/mol. The standard InChI is InChI=1S/C14H26O2/c1-3-5-10-14(4-2,13(15)16)11-12-8-6-7-9-12/h12H,3-11H2,1-2H3,(H,15,16). The quantitative estimate of drug-likeness (QED) is 0.705. The Bertz CT molecular complexity index is 219. The van der Waals surface area contributed by atoms with E-state index in [1.807, 2.05) is 6.92 Å². The van der Waals surface area contributed by atoms with Crippen molar-refractivity contribution < 1.29 is 9.90 Å². The molecule has 0 spiro atoms. The molecule has 0 aliphatic heterocycles. The summed E-state index contributed by atoms with van der Waals surface area (Å²) in [5.74, 6) is 0.114. The Balaban J connectivity index is 2.63. The molecule has 1 rings (SSSR count). The first-order valence-corrected chi connectivity index (χ1v) is 6.88. The second kappa shape index (κ2) is 6.27. The summed E-state index contributed by atoms with van der Waals surface area (Å²) >= 11 is 0. The van der Waals surface area contributed by atoms with Crippen molar-refractivity contribution in [1.82, 2.24) is 0 Å². The van der Waals surface area contributed by atoms with Gasteiger partial charge in [-0.2, -0.15) is 0 Å². The van der Waals surface area contributed by atoms with Gasteiger partial charge in [-0.3, -0.25) is 4.79 Å². The van der Waals surface area contributed by atoms with Crippen molar-refractivity contribution in [2.45, 2.75) is 71.6 Å². The molecule has 0 bridgehead atoms. The van der Waals surface area contributed by atoms with Crippen LogP contribution >= 0.6 is 0 Å². The van der Waals surface area contributed by atoms with Gasteiger partial charge in [0.15, 0.2) is 0 Å². The molecule has 1 atom stereocenters. The molecular weight excluding hydrogens is 200 g/mol. The van der Waals surface area contributed by atoms with E-state index < -0.39 is 11.4 Å². The van der Waals surface area contributed by atoms with Crippen LogP contribution in [0.1, 0.15) is 71.6 Å². The number of carboxylic acid groups (broad SMARTS) is 1. The summed E-state index contributed by atoms with van der Waals surface area (Å²) in [6.07, 6.45) is 9.83. The minimum absolute atomic E-state index is 0.426. The third-order valence-electron chi connectivity index (χ3n) is 4.29. The van der Waals surface area contributed by atoms with Crippen molar-refractivity contribution >= 4 is 5.97 Å². The minimum Gasteiger partial charge on any atom is -0.481 e. The number of aliphatic carboxylic acids is 1. The van der Waals surface area contributed by atoms with E-state index in [1.165, 1.54) is 25.7 Å². The average Bonchev–Trinajstić information content (AvgIpc) is 2.76. The van der Waals surface area contributed by atoms with E-state index in [1.54, 1.807) is 0 Å². The molecular formula is C14H26O2. The lowest BCUT2D eigenvalue weighted by Gasteiger charge is -2.31. The summed E-state index contributed by atoms with van der Waals surface area (Å²) in [4.78, 5) is 11.5. The molecule has 16 heavy (non-hydrogen) atoms. The lowest BCUT2D eigenvalue weighted by molar-refractivity contribution is -0.151. The highest BCUT2D eigenvalue weighted by Crippen LogP contribution is 2.41. The maximum Gasteiger partial charge on any atom is 0.309 e. The van der Waals surface area contributed by atoms with Crippen LogP contribution in [0.2, 0.25) is 0 Å². The Hall–Kier alpha value is -0.530. The Morgan fingerprint density at radius 1 is 1.31 bits per heavy atom. The number of carboxylic acids is 1. The zero-order valence-electron chi connectivity index (χ0n) is 10.8. The molecule has 0 heterocycles. The molecule has 0 aromatic carbocycles. The van der Waals surface area contributed by atoms with E-state index in [0.717, 1.165) is 32.1 Å². The molecule has 0 radical (unpaired) electrons. The van der Waals surface area contributed by atoms with Gasteiger partial charge in [0.05, 0.1) is 5.41 Å². The lowest BCUT2D eigenvalue weighted by atomic mass is 9.73. The summed E-state index contributed by atoms with van der Waals surface area (Å²) in [5, 5.41) is 9.51. The van der Waals surface area contributed by atoms with Gasteiger partial charge >= 0.3 is 5.97 Å². The van der Waals surface area contributed by atoms with Gasteiger partial charge in [-0.05, 0) is 25.2 Å². The van der Waals surface area contributed by atoms with E-state index in [0.29, 0.717) is 5.92 Å². The Morgan fingerprint density at radius 2 is 1.94 bits per heavy atom. The fourth-order valence-corrected chi connectivity index (χ4v) is 3.05. The SMILES string of the molecule is CCCCC(CC)(CC1CCCC1)C(=O)O. The Kier molecular flexibility index (Phi) is 5.30. The molecule has 1 saturated carbocycles. The molecule has 0 saturated heterocycles. The number of unbranched alkanes of at least 4 members (excludes halogenated alkanes) is 1.